The Hall–Kier alpha value is -1.41. The minimum absolute atomic E-state index is 0.246. The van der Waals surface area contributed by atoms with Crippen molar-refractivity contribution < 1.29 is 4.79 Å². The second-order valence-electron chi connectivity index (χ2n) is 8.33. The Bertz CT molecular complexity index is 885. The highest BCUT2D eigenvalue weighted by Gasteiger charge is 2.29. The van der Waals surface area contributed by atoms with Gasteiger partial charge in [0.2, 0.25) is 0 Å². The van der Waals surface area contributed by atoms with E-state index in [9.17, 15) is 4.79 Å². The molecule has 0 atom stereocenters. The highest BCUT2D eigenvalue weighted by atomic mass is 79.9. The molecule has 3 aliphatic rings. The van der Waals surface area contributed by atoms with E-state index in [2.05, 4.69) is 59.9 Å². The zero-order valence-electron chi connectivity index (χ0n) is 16.4. The van der Waals surface area contributed by atoms with E-state index in [4.69, 9.17) is 0 Å². The van der Waals surface area contributed by atoms with Gasteiger partial charge in [0.05, 0.1) is 11.4 Å². The largest absolute Gasteiger partial charge is 0.346 e. The highest BCUT2D eigenvalue weighted by Crippen LogP contribution is 2.36. The van der Waals surface area contributed by atoms with Crippen molar-refractivity contribution in [1.29, 1.82) is 0 Å². The van der Waals surface area contributed by atoms with Crippen LogP contribution in [-0.2, 0) is 6.54 Å². The molecule has 1 radical (unpaired) electrons. The van der Waals surface area contributed by atoms with Gasteiger partial charge in [0.1, 0.15) is 0 Å². The molecule has 2 amide bonds. The summed E-state index contributed by atoms with van der Waals surface area (Å²) in [5.41, 5.74) is 2.98. The lowest BCUT2D eigenvalue weighted by atomic mass is 9.87. The predicted molar refractivity (Wildman–Crippen MR) is 121 cm³/mol. The average molecular weight is 474 g/mol. The van der Waals surface area contributed by atoms with Crippen LogP contribution < -0.4 is 10.6 Å². The summed E-state index contributed by atoms with van der Waals surface area (Å²) in [7, 11) is 0. The number of carbonyl (C=O) groups is 1. The molecule has 29 heavy (non-hydrogen) atoms. The summed E-state index contributed by atoms with van der Waals surface area (Å²) >= 11 is 5.51. The zero-order valence-corrected chi connectivity index (χ0v) is 18.8. The number of anilines is 1. The number of fused-ring (bicyclic) bond motifs is 1. The molecule has 5 nitrogen and oxygen atoms in total. The molecule has 153 valence electrons. The number of thiophene rings is 1. The summed E-state index contributed by atoms with van der Waals surface area (Å²) in [6.45, 7) is 5.83. The van der Waals surface area contributed by atoms with Crippen LogP contribution in [0.3, 0.4) is 0 Å². The summed E-state index contributed by atoms with van der Waals surface area (Å²) in [5.74, 6) is 0.582. The van der Waals surface area contributed by atoms with Crippen LogP contribution in [0.25, 0.3) is 0 Å². The molecule has 0 bridgehead atoms. The standard InChI is InChI=1S/C22H26BrN4OS/c23-18-7-12-29-21(18)14-26-8-5-17(6-9-26)27-10-3-15(4-11-27)16-1-2-19-20(13-16)25-22(28)24-19/h1-2,7,12-13,15,17H,3-6,8-11,14H2,(H,24,28). The quantitative estimate of drug-likeness (QED) is 0.668. The molecule has 1 aromatic carbocycles. The number of benzene rings is 1. The van der Waals surface area contributed by atoms with Gasteiger partial charge in [-0.25, -0.2) is 4.79 Å². The summed E-state index contributed by atoms with van der Waals surface area (Å²) in [4.78, 5) is 18.2. The minimum Gasteiger partial charge on any atom is -0.304 e. The van der Waals surface area contributed by atoms with Crippen molar-refractivity contribution in [1.82, 2.24) is 15.1 Å². The molecule has 5 rings (SSSR count). The number of amides is 2. The van der Waals surface area contributed by atoms with Crippen molar-refractivity contribution in [2.24, 2.45) is 0 Å². The minimum atomic E-state index is -0.246. The first-order valence-corrected chi connectivity index (χ1v) is 12.2. The average Bonchev–Trinajstić information content (AvgIpc) is 3.32. The van der Waals surface area contributed by atoms with Crippen molar-refractivity contribution in [2.75, 3.05) is 31.5 Å². The number of halogens is 1. The van der Waals surface area contributed by atoms with Crippen molar-refractivity contribution in [3.8, 4) is 0 Å². The Labute approximate surface area is 184 Å². The van der Waals surface area contributed by atoms with Crippen LogP contribution in [0.4, 0.5) is 16.2 Å². The van der Waals surface area contributed by atoms with E-state index in [-0.39, 0.29) is 6.03 Å². The topological polar surface area (TPSA) is 49.7 Å². The second-order valence-corrected chi connectivity index (χ2v) is 10.2. The normalized spacial score (nSPS) is 21.8. The van der Waals surface area contributed by atoms with E-state index in [1.54, 1.807) is 0 Å². The highest BCUT2D eigenvalue weighted by molar-refractivity contribution is 9.10. The number of hydrogen-bond acceptors (Lipinski definition) is 4. The van der Waals surface area contributed by atoms with Gasteiger partial charge in [0.25, 0.3) is 0 Å². The molecular weight excluding hydrogens is 448 g/mol. The lowest BCUT2D eigenvalue weighted by molar-refractivity contribution is 0.0849. The number of nitrogens with one attached hydrogen (secondary N) is 1. The Morgan fingerprint density at radius 3 is 2.62 bits per heavy atom. The Balaban J connectivity index is 1.12. The van der Waals surface area contributed by atoms with Gasteiger partial charge in [0, 0.05) is 35.0 Å². The third-order valence-corrected chi connectivity index (χ3v) is 8.53. The van der Waals surface area contributed by atoms with Gasteiger partial charge in [0.15, 0.2) is 0 Å². The molecule has 4 heterocycles. The lowest BCUT2D eigenvalue weighted by Crippen LogP contribution is -2.47. The van der Waals surface area contributed by atoms with Gasteiger partial charge in [-0.2, -0.15) is 5.32 Å². The maximum atomic E-state index is 11.4. The molecule has 2 saturated heterocycles. The zero-order chi connectivity index (χ0) is 19.8. The van der Waals surface area contributed by atoms with E-state index in [1.807, 2.05) is 17.4 Å². The Kier molecular flexibility index (Phi) is 5.65. The molecule has 0 unspecified atom stereocenters. The van der Waals surface area contributed by atoms with Crippen molar-refractivity contribution in [3.05, 3.63) is 44.6 Å². The number of urea groups is 1. The van der Waals surface area contributed by atoms with Crippen molar-refractivity contribution in [3.63, 3.8) is 0 Å². The fourth-order valence-electron chi connectivity index (χ4n) is 4.93. The van der Waals surface area contributed by atoms with Gasteiger partial charge in [-0.1, -0.05) is 6.07 Å². The number of piperidine rings is 2. The smallest absolute Gasteiger partial charge is 0.304 e. The maximum Gasteiger partial charge on any atom is 0.346 e. The molecule has 0 aliphatic carbocycles. The SMILES string of the molecule is O=C1[N]c2cc(C3CCN(C4CCN(Cc5sccc5Br)CC4)CC3)ccc2N1. The first kappa shape index (κ1) is 19.5. The van der Waals surface area contributed by atoms with Gasteiger partial charge in [-0.15, -0.1) is 11.3 Å². The second kappa shape index (κ2) is 8.38. The van der Waals surface area contributed by atoms with Gasteiger partial charge in [-0.05, 0) is 89.8 Å². The summed E-state index contributed by atoms with van der Waals surface area (Å²) in [5, 5.41) is 9.01. The first-order valence-electron chi connectivity index (χ1n) is 10.5. The van der Waals surface area contributed by atoms with Crippen LogP contribution in [0.5, 0.6) is 0 Å². The molecule has 7 heteroatoms. The Morgan fingerprint density at radius 2 is 1.90 bits per heavy atom. The van der Waals surface area contributed by atoms with E-state index in [1.165, 1.54) is 66.8 Å². The number of nitrogens with zero attached hydrogens (tertiary/aromatic N) is 3. The number of carbonyl (C=O) groups excluding carboxylic acids is 1. The van der Waals surface area contributed by atoms with Crippen LogP contribution in [0.2, 0.25) is 0 Å². The molecule has 1 aromatic heterocycles. The van der Waals surface area contributed by atoms with E-state index in [0.717, 1.165) is 24.0 Å². The molecule has 3 aliphatic heterocycles. The van der Waals surface area contributed by atoms with Crippen molar-refractivity contribution in [2.45, 2.75) is 44.2 Å². The molecule has 2 aromatic rings. The number of likely N-dealkylation sites (tertiary alicyclic amines) is 2. The van der Waals surface area contributed by atoms with E-state index >= 15 is 0 Å². The fraction of sp³-hybridized carbons (Fsp3) is 0.500. The molecule has 0 saturated carbocycles. The maximum absolute atomic E-state index is 11.4. The van der Waals surface area contributed by atoms with Crippen LogP contribution in [-0.4, -0.2) is 48.1 Å². The predicted octanol–water partition coefficient (Wildman–Crippen LogP) is 5.14. The van der Waals surface area contributed by atoms with Crippen LogP contribution in [0.15, 0.2) is 34.1 Å². The molecule has 2 fully saturated rings. The monoisotopic (exact) mass is 473 g/mol. The number of rotatable bonds is 4. The van der Waals surface area contributed by atoms with Crippen LogP contribution in [0.1, 0.15) is 42.0 Å². The lowest BCUT2D eigenvalue weighted by Gasteiger charge is -2.42. The first-order chi connectivity index (χ1) is 14.2. The van der Waals surface area contributed by atoms with E-state index < -0.39 is 0 Å². The summed E-state index contributed by atoms with van der Waals surface area (Å²) < 4.78 is 1.26. The van der Waals surface area contributed by atoms with Crippen molar-refractivity contribution >= 4 is 44.7 Å². The fourth-order valence-corrected chi connectivity index (χ4v) is 6.45. The summed E-state index contributed by atoms with van der Waals surface area (Å²) in [6, 6.07) is 8.92. The Morgan fingerprint density at radius 1 is 1.10 bits per heavy atom. The molecule has 0 spiro atoms. The molecule has 1 N–H and O–H groups in total. The van der Waals surface area contributed by atoms with Gasteiger partial charge < -0.3 is 10.2 Å². The molecular formula is C22H26BrN4OS. The summed E-state index contributed by atoms with van der Waals surface area (Å²) in [6.07, 6.45) is 4.95. The van der Waals surface area contributed by atoms with E-state index in [0.29, 0.717) is 5.92 Å². The van der Waals surface area contributed by atoms with Crippen LogP contribution >= 0.6 is 27.3 Å². The van der Waals surface area contributed by atoms with Gasteiger partial charge in [-0.3, -0.25) is 4.90 Å². The van der Waals surface area contributed by atoms with Crippen LogP contribution in [0, 0.1) is 0 Å². The van der Waals surface area contributed by atoms with Gasteiger partial charge >= 0.3 is 6.03 Å². The third-order valence-electron chi connectivity index (χ3n) is 6.62. The number of hydrogen-bond donors (Lipinski definition) is 1. The third kappa shape index (κ3) is 4.24.